The molecule has 1 saturated heterocycles. The molecular formula is C17H21ClN4O. The molecule has 0 aliphatic carbocycles. The Hall–Kier alpha value is -1.59. The molecule has 3 heterocycles. The lowest BCUT2D eigenvalue weighted by Gasteiger charge is -2.32. The fourth-order valence-corrected chi connectivity index (χ4v) is 3.89. The molecule has 122 valence electrons. The van der Waals surface area contributed by atoms with E-state index in [9.17, 15) is 0 Å². The molecule has 0 N–H and O–H groups in total. The van der Waals surface area contributed by atoms with Crippen molar-refractivity contribution in [3.05, 3.63) is 40.7 Å². The van der Waals surface area contributed by atoms with Crippen LogP contribution in [0.15, 0.2) is 24.5 Å². The monoisotopic (exact) mass is 332 g/mol. The van der Waals surface area contributed by atoms with Crippen LogP contribution in [0.25, 0.3) is 0 Å². The van der Waals surface area contributed by atoms with E-state index in [1.165, 1.54) is 24.0 Å². The highest BCUT2D eigenvalue weighted by molar-refractivity contribution is 6.30. The molecule has 6 heteroatoms. The van der Waals surface area contributed by atoms with Gasteiger partial charge in [-0.1, -0.05) is 16.8 Å². The van der Waals surface area contributed by atoms with Gasteiger partial charge < -0.3 is 4.74 Å². The summed E-state index contributed by atoms with van der Waals surface area (Å²) in [4.78, 5) is 2.51. The van der Waals surface area contributed by atoms with E-state index in [1.54, 1.807) is 6.20 Å². The highest BCUT2D eigenvalue weighted by Gasteiger charge is 2.23. The van der Waals surface area contributed by atoms with E-state index >= 15 is 0 Å². The molecule has 1 fully saturated rings. The Labute approximate surface area is 141 Å². The van der Waals surface area contributed by atoms with E-state index in [0.717, 1.165) is 50.0 Å². The first kappa shape index (κ1) is 15.0. The fourth-order valence-electron chi connectivity index (χ4n) is 3.63. The minimum absolute atomic E-state index is 0.689. The smallest absolute Gasteiger partial charge is 0.127 e. The van der Waals surface area contributed by atoms with Crippen LogP contribution < -0.4 is 4.74 Å². The average Bonchev–Trinajstić information content (AvgIpc) is 3.20. The molecular weight excluding hydrogens is 312 g/mol. The Kier molecular flexibility index (Phi) is 4.23. The molecule has 0 amide bonds. The van der Waals surface area contributed by atoms with Gasteiger partial charge in [-0.15, -0.1) is 5.10 Å². The number of likely N-dealkylation sites (tertiary alicyclic amines) is 1. The highest BCUT2D eigenvalue weighted by atomic mass is 35.5. The van der Waals surface area contributed by atoms with Crippen LogP contribution in [0, 0.1) is 5.92 Å². The van der Waals surface area contributed by atoms with Crippen molar-refractivity contribution in [3.8, 4) is 5.75 Å². The third kappa shape index (κ3) is 3.35. The average molecular weight is 333 g/mol. The van der Waals surface area contributed by atoms with Gasteiger partial charge in [0, 0.05) is 36.3 Å². The van der Waals surface area contributed by atoms with Crippen molar-refractivity contribution in [1.82, 2.24) is 19.9 Å². The van der Waals surface area contributed by atoms with E-state index in [2.05, 4.69) is 21.3 Å². The van der Waals surface area contributed by atoms with E-state index in [1.807, 2.05) is 16.9 Å². The number of ether oxygens (including phenoxy) is 1. The van der Waals surface area contributed by atoms with Crippen molar-refractivity contribution in [2.75, 3.05) is 19.7 Å². The first-order chi connectivity index (χ1) is 11.3. The van der Waals surface area contributed by atoms with E-state index in [-0.39, 0.29) is 0 Å². The molecule has 0 atom stereocenters. The zero-order valence-corrected chi connectivity index (χ0v) is 13.9. The maximum atomic E-state index is 6.26. The topological polar surface area (TPSA) is 43.2 Å². The number of benzene rings is 1. The van der Waals surface area contributed by atoms with Crippen LogP contribution in [0.3, 0.4) is 0 Å². The zero-order chi connectivity index (χ0) is 15.6. The van der Waals surface area contributed by atoms with Gasteiger partial charge in [0.15, 0.2) is 0 Å². The van der Waals surface area contributed by atoms with Crippen LogP contribution in [-0.4, -0.2) is 39.6 Å². The molecule has 1 aromatic heterocycles. The van der Waals surface area contributed by atoms with Crippen LogP contribution in [0.2, 0.25) is 5.02 Å². The van der Waals surface area contributed by atoms with Crippen LogP contribution in [0.5, 0.6) is 5.75 Å². The predicted molar refractivity (Wildman–Crippen MR) is 88.7 cm³/mol. The lowest BCUT2D eigenvalue weighted by molar-refractivity contribution is 0.162. The van der Waals surface area contributed by atoms with Gasteiger partial charge in [0.05, 0.1) is 12.8 Å². The number of fused-ring (bicyclic) bond motifs is 1. The van der Waals surface area contributed by atoms with E-state index < -0.39 is 0 Å². The number of rotatable bonds is 4. The van der Waals surface area contributed by atoms with Gasteiger partial charge in [0.25, 0.3) is 0 Å². The molecule has 4 rings (SSSR count). The van der Waals surface area contributed by atoms with E-state index in [0.29, 0.717) is 5.92 Å². The largest absolute Gasteiger partial charge is 0.493 e. The van der Waals surface area contributed by atoms with Crippen molar-refractivity contribution in [2.45, 2.75) is 32.4 Å². The van der Waals surface area contributed by atoms with Gasteiger partial charge in [0.2, 0.25) is 0 Å². The molecule has 5 nitrogen and oxygen atoms in total. The molecule has 2 aliphatic heterocycles. The molecule has 1 aromatic carbocycles. The maximum absolute atomic E-state index is 6.26. The second-order valence-electron chi connectivity index (χ2n) is 6.50. The number of hydrogen-bond acceptors (Lipinski definition) is 4. The molecule has 0 saturated carbocycles. The Balaban J connectivity index is 1.36. The summed E-state index contributed by atoms with van der Waals surface area (Å²) in [5, 5.41) is 8.77. The summed E-state index contributed by atoms with van der Waals surface area (Å²) in [6, 6.07) is 4.10. The summed E-state index contributed by atoms with van der Waals surface area (Å²) in [5.41, 5.74) is 2.49. The normalized spacial score (nSPS) is 18.8. The summed E-state index contributed by atoms with van der Waals surface area (Å²) < 4.78 is 7.76. The summed E-state index contributed by atoms with van der Waals surface area (Å²) in [5.74, 6) is 1.76. The third-order valence-electron chi connectivity index (χ3n) is 4.84. The molecule has 0 unspecified atom stereocenters. The fraction of sp³-hybridized carbons (Fsp3) is 0.529. The lowest BCUT2D eigenvalue weighted by atomic mass is 9.96. The van der Waals surface area contributed by atoms with Gasteiger partial charge in [-0.2, -0.15) is 0 Å². The molecule has 0 spiro atoms. The van der Waals surface area contributed by atoms with Crippen molar-refractivity contribution in [1.29, 1.82) is 0 Å². The molecule has 0 bridgehead atoms. The standard InChI is InChI=1S/C17H21ClN4O/c18-16-9-14-3-8-23-17(14)15(10-16)12-21-5-1-13(2-6-21)11-22-7-4-19-20-22/h4,7,9-10,13H,1-3,5-6,8,11-12H2. The second-order valence-corrected chi connectivity index (χ2v) is 6.93. The van der Waals surface area contributed by atoms with Gasteiger partial charge >= 0.3 is 0 Å². The molecule has 2 aromatic rings. The Morgan fingerprint density at radius 1 is 1.26 bits per heavy atom. The first-order valence-electron chi connectivity index (χ1n) is 8.28. The number of hydrogen-bond donors (Lipinski definition) is 0. The molecule has 2 aliphatic rings. The van der Waals surface area contributed by atoms with Crippen LogP contribution in [-0.2, 0) is 19.5 Å². The molecule has 23 heavy (non-hydrogen) atoms. The van der Waals surface area contributed by atoms with Gasteiger partial charge in [-0.3, -0.25) is 9.58 Å². The van der Waals surface area contributed by atoms with Gasteiger partial charge in [0.1, 0.15) is 5.75 Å². The Morgan fingerprint density at radius 2 is 2.13 bits per heavy atom. The summed E-state index contributed by atoms with van der Waals surface area (Å²) in [6.07, 6.45) is 7.06. The number of nitrogens with zero attached hydrogens (tertiary/aromatic N) is 4. The van der Waals surface area contributed by atoms with Crippen molar-refractivity contribution >= 4 is 11.6 Å². The summed E-state index contributed by atoms with van der Waals surface area (Å²) in [7, 11) is 0. The second kappa shape index (κ2) is 6.49. The van der Waals surface area contributed by atoms with Crippen molar-refractivity contribution in [3.63, 3.8) is 0 Å². The highest BCUT2D eigenvalue weighted by Crippen LogP contribution is 2.34. The maximum Gasteiger partial charge on any atom is 0.127 e. The van der Waals surface area contributed by atoms with Crippen molar-refractivity contribution in [2.24, 2.45) is 5.92 Å². The number of piperidine rings is 1. The quantitative estimate of drug-likeness (QED) is 0.863. The Bertz CT molecular complexity index is 665. The SMILES string of the molecule is Clc1cc2c(c(CN3CCC(Cn4ccnn4)CC3)c1)OCC2. The first-order valence-corrected chi connectivity index (χ1v) is 8.66. The zero-order valence-electron chi connectivity index (χ0n) is 13.1. The minimum atomic E-state index is 0.689. The minimum Gasteiger partial charge on any atom is -0.493 e. The summed E-state index contributed by atoms with van der Waals surface area (Å²) in [6.45, 7) is 4.91. The number of halogens is 1. The molecule has 0 radical (unpaired) electrons. The predicted octanol–water partition coefficient (Wildman–Crippen LogP) is 2.78. The Morgan fingerprint density at radius 3 is 2.91 bits per heavy atom. The van der Waals surface area contributed by atoms with Gasteiger partial charge in [-0.25, -0.2) is 0 Å². The van der Waals surface area contributed by atoms with Gasteiger partial charge in [-0.05, 0) is 49.5 Å². The number of aromatic nitrogens is 3. The lowest BCUT2D eigenvalue weighted by Crippen LogP contribution is -2.34. The van der Waals surface area contributed by atoms with Crippen LogP contribution in [0.4, 0.5) is 0 Å². The summed E-state index contributed by atoms with van der Waals surface area (Å²) >= 11 is 6.26. The van der Waals surface area contributed by atoms with Crippen LogP contribution >= 0.6 is 11.6 Å². The third-order valence-corrected chi connectivity index (χ3v) is 5.06. The van der Waals surface area contributed by atoms with Crippen LogP contribution in [0.1, 0.15) is 24.0 Å². The van der Waals surface area contributed by atoms with Crippen molar-refractivity contribution < 1.29 is 4.74 Å². The van der Waals surface area contributed by atoms with E-state index in [4.69, 9.17) is 16.3 Å².